The number of anilines is 1. The van der Waals surface area contributed by atoms with Gasteiger partial charge in [0.15, 0.2) is 0 Å². The number of ether oxygens (including phenoxy) is 2. The van der Waals surface area contributed by atoms with Gasteiger partial charge in [0.25, 0.3) is 0 Å². The predicted octanol–water partition coefficient (Wildman–Crippen LogP) is 1.70. The highest BCUT2D eigenvalue weighted by atomic mass is 16.6. The van der Waals surface area contributed by atoms with Crippen molar-refractivity contribution in [2.45, 2.75) is 31.5 Å². The first-order chi connectivity index (χ1) is 10.7. The van der Waals surface area contributed by atoms with Crippen molar-refractivity contribution in [3.63, 3.8) is 0 Å². The number of cyclic esters (lactones) is 1. The Kier molecular flexibility index (Phi) is 4.58. The van der Waals surface area contributed by atoms with Gasteiger partial charge in [-0.2, -0.15) is 0 Å². The summed E-state index contributed by atoms with van der Waals surface area (Å²) in [7, 11) is 0. The molecule has 1 aromatic carbocycles. The number of rotatable bonds is 5. The van der Waals surface area contributed by atoms with Crippen LogP contribution in [-0.2, 0) is 14.3 Å². The van der Waals surface area contributed by atoms with Crippen LogP contribution >= 0.6 is 0 Å². The molecule has 1 N–H and O–H groups in total. The molecule has 118 valence electrons. The third-order valence-corrected chi connectivity index (χ3v) is 3.93. The zero-order valence-electron chi connectivity index (χ0n) is 12.4. The van der Waals surface area contributed by atoms with E-state index in [9.17, 15) is 9.59 Å². The lowest BCUT2D eigenvalue weighted by Gasteiger charge is -2.13. The second kappa shape index (κ2) is 6.79. The Morgan fingerprint density at radius 1 is 1.32 bits per heavy atom. The summed E-state index contributed by atoms with van der Waals surface area (Å²) < 4.78 is 10.7. The van der Waals surface area contributed by atoms with Crippen LogP contribution in [0.4, 0.5) is 10.5 Å². The lowest BCUT2D eigenvalue weighted by molar-refractivity contribution is -0.130. The van der Waals surface area contributed by atoms with Crippen LogP contribution < -0.4 is 10.2 Å². The zero-order valence-corrected chi connectivity index (χ0v) is 12.4. The Labute approximate surface area is 129 Å². The summed E-state index contributed by atoms with van der Waals surface area (Å²) >= 11 is 0. The molecule has 2 fully saturated rings. The largest absolute Gasteiger partial charge is 0.444 e. The van der Waals surface area contributed by atoms with Crippen molar-refractivity contribution in [2.75, 3.05) is 24.6 Å². The molecule has 0 bridgehead atoms. The number of carbonyl (C=O) groups is 2. The second-order valence-corrected chi connectivity index (χ2v) is 5.53. The molecule has 0 radical (unpaired) electrons. The molecule has 2 amide bonds. The summed E-state index contributed by atoms with van der Waals surface area (Å²) in [4.78, 5) is 25.3. The summed E-state index contributed by atoms with van der Waals surface area (Å²) in [5.41, 5.74) is 0.832. The van der Waals surface area contributed by atoms with Crippen molar-refractivity contribution < 1.29 is 19.1 Å². The van der Waals surface area contributed by atoms with Gasteiger partial charge in [-0.05, 0) is 25.0 Å². The number of para-hydroxylation sites is 1. The van der Waals surface area contributed by atoms with E-state index in [-0.39, 0.29) is 24.2 Å². The molecule has 0 saturated carbocycles. The second-order valence-electron chi connectivity index (χ2n) is 5.53. The summed E-state index contributed by atoms with van der Waals surface area (Å²) in [6.07, 6.45) is 1.48. The average molecular weight is 304 g/mol. The molecule has 6 heteroatoms. The summed E-state index contributed by atoms with van der Waals surface area (Å²) in [5, 5.41) is 2.85. The van der Waals surface area contributed by atoms with E-state index in [1.165, 1.54) is 0 Å². The van der Waals surface area contributed by atoms with Crippen LogP contribution in [0.1, 0.15) is 19.3 Å². The highest BCUT2D eigenvalue weighted by molar-refractivity contribution is 5.89. The minimum Gasteiger partial charge on any atom is -0.444 e. The van der Waals surface area contributed by atoms with Gasteiger partial charge in [0.2, 0.25) is 5.91 Å². The molecular weight excluding hydrogens is 284 g/mol. The quantitative estimate of drug-likeness (QED) is 0.899. The van der Waals surface area contributed by atoms with Crippen molar-refractivity contribution in [3.8, 4) is 0 Å². The van der Waals surface area contributed by atoms with Gasteiger partial charge in [0.05, 0.1) is 6.54 Å². The molecule has 2 aliphatic rings. The number of hydrogen-bond acceptors (Lipinski definition) is 4. The van der Waals surface area contributed by atoms with Crippen LogP contribution in [0.25, 0.3) is 0 Å². The van der Waals surface area contributed by atoms with Crippen LogP contribution in [0, 0.1) is 0 Å². The Morgan fingerprint density at radius 2 is 2.14 bits per heavy atom. The maximum absolute atomic E-state index is 11.9. The van der Waals surface area contributed by atoms with E-state index in [0.29, 0.717) is 26.1 Å². The molecule has 1 aromatic rings. The van der Waals surface area contributed by atoms with E-state index in [4.69, 9.17) is 9.47 Å². The minimum atomic E-state index is -0.332. The van der Waals surface area contributed by atoms with Gasteiger partial charge in [-0.25, -0.2) is 4.79 Å². The maximum atomic E-state index is 11.9. The van der Waals surface area contributed by atoms with Gasteiger partial charge in [-0.1, -0.05) is 18.2 Å². The van der Waals surface area contributed by atoms with Gasteiger partial charge in [-0.15, -0.1) is 0 Å². The van der Waals surface area contributed by atoms with Gasteiger partial charge < -0.3 is 14.8 Å². The van der Waals surface area contributed by atoms with E-state index in [2.05, 4.69) is 5.32 Å². The number of carbonyl (C=O) groups excluding carboxylic acids is 2. The van der Waals surface area contributed by atoms with Crippen LogP contribution in [0.15, 0.2) is 30.3 Å². The zero-order chi connectivity index (χ0) is 15.4. The van der Waals surface area contributed by atoms with E-state index in [0.717, 1.165) is 18.5 Å². The first-order valence-corrected chi connectivity index (χ1v) is 7.66. The molecule has 0 aliphatic carbocycles. The first kappa shape index (κ1) is 14.8. The molecule has 3 rings (SSSR count). The molecule has 2 saturated heterocycles. The van der Waals surface area contributed by atoms with E-state index >= 15 is 0 Å². The van der Waals surface area contributed by atoms with Crippen molar-refractivity contribution in [2.24, 2.45) is 0 Å². The Balaban J connectivity index is 1.44. The Morgan fingerprint density at radius 3 is 2.86 bits per heavy atom. The molecular formula is C16H20N2O4. The predicted molar refractivity (Wildman–Crippen MR) is 80.7 cm³/mol. The minimum absolute atomic E-state index is 0.0678. The van der Waals surface area contributed by atoms with Crippen LogP contribution in [0.5, 0.6) is 0 Å². The van der Waals surface area contributed by atoms with E-state index in [1.807, 2.05) is 30.3 Å². The fourth-order valence-corrected chi connectivity index (χ4v) is 2.75. The van der Waals surface area contributed by atoms with Gasteiger partial charge in [0.1, 0.15) is 12.2 Å². The Hall–Kier alpha value is -2.08. The molecule has 0 aromatic heterocycles. The molecule has 6 nitrogen and oxygen atoms in total. The number of benzene rings is 1. The van der Waals surface area contributed by atoms with Crippen molar-refractivity contribution in [1.82, 2.24) is 5.32 Å². The normalized spacial score (nSPS) is 24.4. The van der Waals surface area contributed by atoms with Gasteiger partial charge in [-0.3, -0.25) is 9.69 Å². The maximum Gasteiger partial charge on any atom is 0.414 e. The van der Waals surface area contributed by atoms with Gasteiger partial charge >= 0.3 is 6.09 Å². The molecule has 2 aliphatic heterocycles. The van der Waals surface area contributed by atoms with Gasteiger partial charge in [0, 0.05) is 25.3 Å². The fourth-order valence-electron chi connectivity index (χ4n) is 2.75. The van der Waals surface area contributed by atoms with E-state index < -0.39 is 0 Å². The van der Waals surface area contributed by atoms with Crippen LogP contribution in [-0.4, -0.2) is 43.9 Å². The van der Waals surface area contributed by atoms with Crippen molar-refractivity contribution in [1.29, 1.82) is 0 Å². The molecule has 2 heterocycles. The lowest BCUT2D eigenvalue weighted by Crippen LogP contribution is -2.36. The molecule has 2 unspecified atom stereocenters. The molecule has 0 spiro atoms. The molecule has 2 atom stereocenters. The average Bonchev–Trinajstić information content (AvgIpc) is 3.18. The third kappa shape index (κ3) is 3.39. The number of amides is 2. The summed E-state index contributed by atoms with van der Waals surface area (Å²) in [6, 6.07) is 9.43. The van der Waals surface area contributed by atoms with Crippen LogP contribution in [0.2, 0.25) is 0 Å². The topological polar surface area (TPSA) is 67.9 Å². The highest BCUT2D eigenvalue weighted by Crippen LogP contribution is 2.22. The first-order valence-electron chi connectivity index (χ1n) is 7.66. The summed E-state index contributed by atoms with van der Waals surface area (Å²) in [5.74, 6) is -0.0678. The molecule has 22 heavy (non-hydrogen) atoms. The highest BCUT2D eigenvalue weighted by Gasteiger charge is 2.32. The Bertz CT molecular complexity index is 528. The number of hydrogen-bond donors (Lipinski definition) is 1. The number of nitrogens with zero attached hydrogens (tertiary/aromatic N) is 1. The summed E-state index contributed by atoms with van der Waals surface area (Å²) in [6.45, 7) is 1.66. The van der Waals surface area contributed by atoms with Crippen LogP contribution in [0.3, 0.4) is 0 Å². The SMILES string of the molecule is O=C(NCCC1CN(c2ccccc2)C(=O)O1)C1CCCO1. The monoisotopic (exact) mass is 304 g/mol. The van der Waals surface area contributed by atoms with E-state index in [1.54, 1.807) is 4.90 Å². The van der Waals surface area contributed by atoms with Crippen molar-refractivity contribution >= 4 is 17.7 Å². The fraction of sp³-hybridized carbons (Fsp3) is 0.500. The number of nitrogens with one attached hydrogen (secondary N) is 1. The standard InChI is InChI=1S/C16H20N2O4/c19-15(14-7-4-10-21-14)17-9-8-13-11-18(16(20)22-13)12-5-2-1-3-6-12/h1-3,5-6,13-14H,4,7-11H2,(H,17,19). The third-order valence-electron chi connectivity index (χ3n) is 3.93. The lowest BCUT2D eigenvalue weighted by atomic mass is 10.2. The smallest absolute Gasteiger partial charge is 0.414 e. The van der Waals surface area contributed by atoms with Crippen molar-refractivity contribution in [3.05, 3.63) is 30.3 Å².